The third-order valence-electron chi connectivity index (χ3n) is 4.19. The van der Waals surface area contributed by atoms with Crippen LogP contribution in [0, 0.1) is 0 Å². The number of anilines is 1. The number of nitrogens with zero attached hydrogens (tertiary/aromatic N) is 2. The highest BCUT2D eigenvalue weighted by molar-refractivity contribution is 7.90. The Balaban J connectivity index is 1.37. The van der Waals surface area contributed by atoms with Crippen molar-refractivity contribution in [2.24, 2.45) is 0 Å². The number of para-hydroxylation sites is 1. The van der Waals surface area contributed by atoms with E-state index in [9.17, 15) is 13.2 Å². The molecule has 6 nitrogen and oxygen atoms in total. The van der Waals surface area contributed by atoms with Crippen molar-refractivity contribution in [3.63, 3.8) is 0 Å². The molecule has 134 valence electrons. The van der Waals surface area contributed by atoms with Gasteiger partial charge >= 0.3 is 5.97 Å². The van der Waals surface area contributed by atoms with Crippen molar-refractivity contribution in [2.75, 3.05) is 24.2 Å². The molecule has 2 aromatic carbocycles. The van der Waals surface area contributed by atoms with Crippen molar-refractivity contribution in [3.8, 4) is 0 Å². The fourth-order valence-electron chi connectivity index (χ4n) is 2.72. The second-order valence-corrected chi connectivity index (χ2v) is 9.22. The van der Waals surface area contributed by atoms with Gasteiger partial charge in [0.1, 0.15) is 6.10 Å². The summed E-state index contributed by atoms with van der Waals surface area (Å²) >= 11 is 1.62. The predicted molar refractivity (Wildman–Crippen MR) is 101 cm³/mol. The van der Waals surface area contributed by atoms with Gasteiger partial charge in [-0.15, -0.1) is 0 Å². The summed E-state index contributed by atoms with van der Waals surface area (Å²) in [6.45, 7) is 1.21. The summed E-state index contributed by atoms with van der Waals surface area (Å²) in [7, 11) is -3.28. The maximum atomic E-state index is 12.2. The van der Waals surface area contributed by atoms with Crippen LogP contribution in [0.1, 0.15) is 10.4 Å². The second-order valence-electron chi connectivity index (χ2n) is 6.19. The third-order valence-corrected chi connectivity index (χ3v) is 6.42. The Morgan fingerprint density at radius 3 is 2.50 bits per heavy atom. The fourth-order valence-corrected chi connectivity index (χ4v) is 4.34. The van der Waals surface area contributed by atoms with Gasteiger partial charge in [-0.25, -0.2) is 18.2 Å². The Hall–Kier alpha value is -2.45. The van der Waals surface area contributed by atoms with E-state index in [1.165, 1.54) is 24.3 Å². The first kappa shape index (κ1) is 17.0. The van der Waals surface area contributed by atoms with Crippen molar-refractivity contribution in [3.05, 3.63) is 54.1 Å². The Kier molecular flexibility index (Phi) is 4.16. The van der Waals surface area contributed by atoms with E-state index in [2.05, 4.69) is 9.88 Å². The first-order valence-corrected chi connectivity index (χ1v) is 10.7. The van der Waals surface area contributed by atoms with Gasteiger partial charge < -0.3 is 9.64 Å². The molecule has 0 saturated carbocycles. The third kappa shape index (κ3) is 3.30. The van der Waals surface area contributed by atoms with E-state index in [-0.39, 0.29) is 11.0 Å². The Labute approximate surface area is 155 Å². The molecule has 0 N–H and O–H groups in total. The number of rotatable bonds is 4. The van der Waals surface area contributed by atoms with Crippen molar-refractivity contribution in [1.82, 2.24) is 4.98 Å². The molecule has 0 bridgehead atoms. The summed E-state index contributed by atoms with van der Waals surface area (Å²) in [5.41, 5.74) is 1.31. The van der Waals surface area contributed by atoms with Crippen molar-refractivity contribution < 1.29 is 17.9 Å². The lowest BCUT2D eigenvalue weighted by molar-refractivity contribution is 0.0234. The molecule has 0 spiro atoms. The molecule has 26 heavy (non-hydrogen) atoms. The van der Waals surface area contributed by atoms with Gasteiger partial charge in [0.2, 0.25) is 0 Å². The minimum atomic E-state index is -3.28. The molecular formula is C18H16N2O4S2. The normalized spacial score (nSPS) is 15.0. The van der Waals surface area contributed by atoms with Crippen LogP contribution in [0.15, 0.2) is 53.4 Å². The van der Waals surface area contributed by atoms with E-state index in [0.717, 1.165) is 21.6 Å². The molecule has 0 unspecified atom stereocenters. The molecule has 1 aliphatic rings. The van der Waals surface area contributed by atoms with Crippen LogP contribution < -0.4 is 4.90 Å². The molecule has 4 rings (SSSR count). The molecule has 1 fully saturated rings. The summed E-state index contributed by atoms with van der Waals surface area (Å²) in [6.07, 6.45) is 0.940. The zero-order valence-corrected chi connectivity index (χ0v) is 15.6. The molecule has 1 aromatic heterocycles. The Bertz CT molecular complexity index is 1040. The number of thiazole rings is 1. The van der Waals surface area contributed by atoms with Crippen LogP contribution in [0.3, 0.4) is 0 Å². The number of hydrogen-bond donors (Lipinski definition) is 0. The number of esters is 1. The van der Waals surface area contributed by atoms with Gasteiger partial charge in [0, 0.05) is 6.26 Å². The van der Waals surface area contributed by atoms with Crippen LogP contribution in [0.5, 0.6) is 0 Å². The fraction of sp³-hybridized carbons (Fsp3) is 0.222. The number of aromatic nitrogens is 1. The summed E-state index contributed by atoms with van der Waals surface area (Å²) < 4.78 is 29.5. The number of benzene rings is 2. The van der Waals surface area contributed by atoms with Crippen molar-refractivity contribution >= 4 is 42.5 Å². The molecule has 0 radical (unpaired) electrons. The average molecular weight is 388 g/mol. The zero-order chi connectivity index (χ0) is 18.3. The standard InChI is InChI=1S/C18H16N2O4S2/c1-26(22,23)14-8-6-12(7-9-14)17(21)24-13-10-20(11-13)18-19-15-4-2-3-5-16(15)25-18/h2-9,13H,10-11H2,1H3. The van der Waals surface area contributed by atoms with E-state index in [1.54, 1.807) is 11.3 Å². The van der Waals surface area contributed by atoms with E-state index in [1.807, 2.05) is 24.3 Å². The number of carbonyl (C=O) groups is 1. The first-order chi connectivity index (χ1) is 12.4. The summed E-state index contributed by atoms with van der Waals surface area (Å²) in [6, 6.07) is 13.7. The van der Waals surface area contributed by atoms with Gasteiger partial charge in [0.15, 0.2) is 15.0 Å². The monoisotopic (exact) mass is 388 g/mol. The molecule has 1 saturated heterocycles. The van der Waals surface area contributed by atoms with Crippen molar-refractivity contribution in [1.29, 1.82) is 0 Å². The smallest absolute Gasteiger partial charge is 0.338 e. The topological polar surface area (TPSA) is 76.6 Å². The quantitative estimate of drug-likeness (QED) is 0.640. The van der Waals surface area contributed by atoms with Crippen LogP contribution in [0.2, 0.25) is 0 Å². The second kappa shape index (κ2) is 6.37. The molecule has 0 amide bonds. The zero-order valence-electron chi connectivity index (χ0n) is 14.0. The highest BCUT2D eigenvalue weighted by Gasteiger charge is 2.32. The average Bonchev–Trinajstić information content (AvgIpc) is 3.00. The van der Waals surface area contributed by atoms with Gasteiger partial charge in [-0.3, -0.25) is 0 Å². The van der Waals surface area contributed by atoms with E-state index < -0.39 is 15.8 Å². The van der Waals surface area contributed by atoms with E-state index >= 15 is 0 Å². The van der Waals surface area contributed by atoms with Gasteiger partial charge in [-0.2, -0.15) is 0 Å². The lowest BCUT2D eigenvalue weighted by Crippen LogP contribution is -2.53. The summed E-state index contributed by atoms with van der Waals surface area (Å²) in [4.78, 5) is 19.0. The number of hydrogen-bond acceptors (Lipinski definition) is 7. The van der Waals surface area contributed by atoms with Crippen LogP contribution in [0.25, 0.3) is 10.2 Å². The first-order valence-electron chi connectivity index (χ1n) is 8.02. The van der Waals surface area contributed by atoms with Crippen LogP contribution in [-0.4, -0.2) is 44.8 Å². The highest BCUT2D eigenvalue weighted by atomic mass is 32.2. The molecule has 0 atom stereocenters. The summed E-state index contributed by atoms with van der Waals surface area (Å²) in [5.74, 6) is -0.445. The Morgan fingerprint density at radius 1 is 1.15 bits per heavy atom. The maximum absolute atomic E-state index is 12.2. The number of ether oxygens (including phenoxy) is 1. The van der Waals surface area contributed by atoms with Crippen molar-refractivity contribution in [2.45, 2.75) is 11.0 Å². The summed E-state index contributed by atoms with van der Waals surface area (Å²) in [5, 5.41) is 0.927. The van der Waals surface area contributed by atoms with Gasteiger partial charge in [-0.05, 0) is 36.4 Å². The lowest BCUT2D eigenvalue weighted by atomic mass is 10.2. The minimum absolute atomic E-state index is 0.180. The molecule has 2 heterocycles. The lowest BCUT2D eigenvalue weighted by Gasteiger charge is -2.38. The maximum Gasteiger partial charge on any atom is 0.338 e. The molecule has 3 aromatic rings. The van der Waals surface area contributed by atoms with E-state index in [4.69, 9.17) is 4.74 Å². The Morgan fingerprint density at radius 2 is 1.85 bits per heavy atom. The SMILES string of the molecule is CS(=O)(=O)c1ccc(C(=O)OC2CN(c3nc4ccccc4s3)C2)cc1. The molecule has 8 heteroatoms. The van der Waals surface area contributed by atoms with Gasteiger partial charge in [-0.1, -0.05) is 23.5 Å². The van der Waals surface area contributed by atoms with Gasteiger partial charge in [0.05, 0.1) is 33.8 Å². The number of fused-ring (bicyclic) bond motifs is 1. The number of carbonyl (C=O) groups excluding carboxylic acids is 1. The van der Waals surface area contributed by atoms with Gasteiger partial charge in [0.25, 0.3) is 0 Å². The van der Waals surface area contributed by atoms with Crippen LogP contribution >= 0.6 is 11.3 Å². The van der Waals surface area contributed by atoms with Crippen LogP contribution in [0.4, 0.5) is 5.13 Å². The molecule has 1 aliphatic heterocycles. The predicted octanol–water partition coefficient (Wildman–Crippen LogP) is 2.75. The molecular weight excluding hydrogens is 372 g/mol. The highest BCUT2D eigenvalue weighted by Crippen LogP contribution is 2.31. The minimum Gasteiger partial charge on any atom is -0.455 e. The van der Waals surface area contributed by atoms with E-state index in [0.29, 0.717) is 18.7 Å². The van der Waals surface area contributed by atoms with Crippen LogP contribution in [-0.2, 0) is 14.6 Å². The number of sulfone groups is 1. The molecule has 0 aliphatic carbocycles. The largest absolute Gasteiger partial charge is 0.455 e.